The van der Waals surface area contributed by atoms with Gasteiger partial charge in [-0.3, -0.25) is 0 Å². The predicted molar refractivity (Wildman–Crippen MR) is 71.0 cm³/mol. The Morgan fingerprint density at radius 2 is 1.94 bits per heavy atom. The van der Waals surface area contributed by atoms with Gasteiger partial charge < -0.3 is 10.4 Å². The van der Waals surface area contributed by atoms with Crippen molar-refractivity contribution in [3.63, 3.8) is 0 Å². The van der Waals surface area contributed by atoms with Crippen molar-refractivity contribution < 1.29 is 5.11 Å². The molecule has 0 aliphatic carbocycles. The van der Waals surface area contributed by atoms with E-state index in [2.05, 4.69) is 39.1 Å². The average Bonchev–Trinajstić information content (AvgIpc) is 2.60. The van der Waals surface area contributed by atoms with Crippen molar-refractivity contribution in [1.82, 2.24) is 5.32 Å². The molecule has 0 aliphatic rings. The van der Waals surface area contributed by atoms with Crippen molar-refractivity contribution in [2.24, 2.45) is 0 Å². The van der Waals surface area contributed by atoms with Gasteiger partial charge in [0.25, 0.3) is 0 Å². The van der Waals surface area contributed by atoms with Gasteiger partial charge in [0.05, 0.1) is 6.61 Å². The van der Waals surface area contributed by atoms with E-state index < -0.39 is 0 Å². The minimum absolute atomic E-state index is 0.109. The lowest BCUT2D eigenvalue weighted by molar-refractivity contribution is 0.149. The Labute approximate surface area is 103 Å². The lowest BCUT2D eigenvalue weighted by Gasteiger charge is -2.31. The zero-order chi connectivity index (χ0) is 12.2. The molecule has 0 atom stereocenters. The fourth-order valence-corrected chi connectivity index (χ4v) is 2.87. The van der Waals surface area contributed by atoms with Gasteiger partial charge in [0.15, 0.2) is 0 Å². The summed E-state index contributed by atoms with van der Waals surface area (Å²) < 4.78 is 0. The van der Waals surface area contributed by atoms with Crippen molar-refractivity contribution in [1.29, 1.82) is 0 Å². The molecule has 2 nitrogen and oxygen atoms in total. The third kappa shape index (κ3) is 3.06. The van der Waals surface area contributed by atoms with Crippen molar-refractivity contribution in [3.8, 4) is 0 Å². The standard InChI is InChI=1S/C13H23NOS/c1-5-13(6-2,9-15)14-8-12-7-10(3)16-11(12)4/h7,14-15H,5-6,8-9H2,1-4H3. The quantitative estimate of drug-likeness (QED) is 0.802. The second-order valence-electron chi connectivity index (χ2n) is 4.44. The van der Waals surface area contributed by atoms with Gasteiger partial charge in [0.1, 0.15) is 0 Å². The number of nitrogens with one attached hydrogen (secondary N) is 1. The van der Waals surface area contributed by atoms with Crippen molar-refractivity contribution >= 4 is 11.3 Å². The smallest absolute Gasteiger partial charge is 0.0613 e. The topological polar surface area (TPSA) is 32.3 Å². The van der Waals surface area contributed by atoms with Gasteiger partial charge in [-0.2, -0.15) is 0 Å². The van der Waals surface area contributed by atoms with E-state index in [9.17, 15) is 5.11 Å². The third-order valence-corrected chi connectivity index (χ3v) is 4.46. The van der Waals surface area contributed by atoms with Crippen LogP contribution in [0.3, 0.4) is 0 Å². The summed E-state index contributed by atoms with van der Waals surface area (Å²) in [4.78, 5) is 2.74. The van der Waals surface area contributed by atoms with Crippen LogP contribution in [0.2, 0.25) is 0 Å². The molecule has 0 fully saturated rings. The Hall–Kier alpha value is -0.380. The normalized spacial score (nSPS) is 12.1. The van der Waals surface area contributed by atoms with Crippen LogP contribution in [0.5, 0.6) is 0 Å². The first-order chi connectivity index (χ1) is 7.56. The second-order valence-corrected chi connectivity index (χ2v) is 5.90. The number of rotatable bonds is 6. The summed E-state index contributed by atoms with van der Waals surface area (Å²) in [5, 5.41) is 13.0. The van der Waals surface area contributed by atoms with Crippen LogP contribution in [0.25, 0.3) is 0 Å². The Morgan fingerprint density at radius 1 is 1.31 bits per heavy atom. The largest absolute Gasteiger partial charge is 0.394 e. The number of hydrogen-bond donors (Lipinski definition) is 2. The molecule has 92 valence electrons. The van der Waals surface area contributed by atoms with Gasteiger partial charge >= 0.3 is 0 Å². The number of aliphatic hydroxyl groups excluding tert-OH is 1. The van der Waals surface area contributed by atoms with Crippen LogP contribution in [0.15, 0.2) is 6.07 Å². The molecule has 0 aliphatic heterocycles. The average molecular weight is 241 g/mol. The van der Waals surface area contributed by atoms with E-state index in [0.717, 1.165) is 19.4 Å². The van der Waals surface area contributed by atoms with Crippen LogP contribution in [0.1, 0.15) is 42.0 Å². The number of aliphatic hydroxyl groups is 1. The van der Waals surface area contributed by atoms with Crippen LogP contribution in [-0.4, -0.2) is 17.3 Å². The fraction of sp³-hybridized carbons (Fsp3) is 0.692. The molecular formula is C13H23NOS. The van der Waals surface area contributed by atoms with Crippen molar-refractivity contribution in [2.45, 2.75) is 52.6 Å². The summed E-state index contributed by atoms with van der Waals surface area (Å²) in [6.45, 7) is 9.62. The highest BCUT2D eigenvalue weighted by atomic mass is 32.1. The van der Waals surface area contributed by atoms with Gasteiger partial charge in [-0.05, 0) is 38.3 Å². The number of aryl methyl sites for hydroxylation is 2. The zero-order valence-corrected chi connectivity index (χ0v) is 11.6. The van der Waals surface area contributed by atoms with Gasteiger partial charge in [0.2, 0.25) is 0 Å². The first-order valence-corrected chi connectivity index (χ1v) is 6.80. The summed E-state index contributed by atoms with van der Waals surface area (Å²) in [5.41, 5.74) is 1.25. The predicted octanol–water partition coefficient (Wildman–Crippen LogP) is 3.01. The number of thiophene rings is 1. The SMILES string of the molecule is CCC(CC)(CO)NCc1cc(C)sc1C. The fourth-order valence-electron chi connectivity index (χ4n) is 1.92. The lowest BCUT2D eigenvalue weighted by atomic mass is 9.93. The van der Waals surface area contributed by atoms with Crippen LogP contribution < -0.4 is 5.32 Å². The highest BCUT2D eigenvalue weighted by Gasteiger charge is 2.24. The van der Waals surface area contributed by atoms with E-state index in [1.165, 1.54) is 15.3 Å². The molecule has 16 heavy (non-hydrogen) atoms. The molecule has 0 amide bonds. The summed E-state index contributed by atoms with van der Waals surface area (Å²) in [5.74, 6) is 0. The highest BCUT2D eigenvalue weighted by molar-refractivity contribution is 7.12. The van der Waals surface area contributed by atoms with E-state index >= 15 is 0 Å². The molecule has 0 unspecified atom stereocenters. The van der Waals surface area contributed by atoms with E-state index in [-0.39, 0.29) is 12.1 Å². The molecule has 0 saturated carbocycles. The molecule has 0 radical (unpaired) electrons. The maximum absolute atomic E-state index is 9.47. The minimum atomic E-state index is -0.109. The monoisotopic (exact) mass is 241 g/mol. The molecule has 0 spiro atoms. The molecule has 3 heteroatoms. The Bertz CT molecular complexity index is 320. The highest BCUT2D eigenvalue weighted by Crippen LogP contribution is 2.22. The van der Waals surface area contributed by atoms with Crippen LogP contribution >= 0.6 is 11.3 Å². The molecule has 1 aromatic rings. The van der Waals surface area contributed by atoms with Crippen LogP contribution in [0.4, 0.5) is 0 Å². The van der Waals surface area contributed by atoms with Gasteiger partial charge in [-0.25, -0.2) is 0 Å². The van der Waals surface area contributed by atoms with E-state index in [1.807, 2.05) is 11.3 Å². The summed E-state index contributed by atoms with van der Waals surface area (Å²) in [7, 11) is 0. The second kappa shape index (κ2) is 5.80. The molecular weight excluding hydrogens is 218 g/mol. The van der Waals surface area contributed by atoms with Crippen LogP contribution in [0, 0.1) is 13.8 Å². The molecule has 1 rings (SSSR count). The van der Waals surface area contributed by atoms with Crippen LogP contribution in [-0.2, 0) is 6.54 Å². The summed E-state index contributed by atoms with van der Waals surface area (Å²) in [6.07, 6.45) is 1.92. The first kappa shape index (κ1) is 13.7. The van der Waals surface area contributed by atoms with E-state index in [4.69, 9.17) is 0 Å². The van der Waals surface area contributed by atoms with Gasteiger partial charge in [-0.15, -0.1) is 11.3 Å². The zero-order valence-electron chi connectivity index (χ0n) is 10.8. The molecule has 1 aromatic heterocycles. The van der Waals surface area contributed by atoms with E-state index in [0.29, 0.717) is 0 Å². The van der Waals surface area contributed by atoms with Gasteiger partial charge in [0, 0.05) is 21.8 Å². The Balaban J connectivity index is 2.65. The molecule has 2 N–H and O–H groups in total. The maximum Gasteiger partial charge on any atom is 0.0613 e. The third-order valence-electron chi connectivity index (χ3n) is 3.45. The molecule has 0 bridgehead atoms. The number of hydrogen-bond acceptors (Lipinski definition) is 3. The lowest BCUT2D eigenvalue weighted by Crippen LogP contribution is -2.47. The van der Waals surface area contributed by atoms with Gasteiger partial charge in [-0.1, -0.05) is 13.8 Å². The first-order valence-electron chi connectivity index (χ1n) is 5.98. The molecule has 0 aromatic carbocycles. The molecule has 1 heterocycles. The minimum Gasteiger partial charge on any atom is -0.394 e. The van der Waals surface area contributed by atoms with Crippen molar-refractivity contribution in [2.75, 3.05) is 6.61 Å². The maximum atomic E-state index is 9.47. The summed E-state index contributed by atoms with van der Waals surface area (Å²) in [6, 6.07) is 2.24. The van der Waals surface area contributed by atoms with Crippen molar-refractivity contribution in [3.05, 3.63) is 21.4 Å². The molecule has 0 saturated heterocycles. The summed E-state index contributed by atoms with van der Waals surface area (Å²) >= 11 is 1.84. The van der Waals surface area contributed by atoms with E-state index in [1.54, 1.807) is 0 Å². The Morgan fingerprint density at radius 3 is 2.31 bits per heavy atom. The Kier molecular flexibility index (Phi) is 4.96.